The normalized spacial score (nSPS) is 23.6. The number of piperidine rings is 1. The molecule has 0 spiro atoms. The first kappa shape index (κ1) is 21.9. The van der Waals surface area contributed by atoms with Crippen LogP contribution in [-0.2, 0) is 16.0 Å². The highest BCUT2D eigenvalue weighted by atomic mass is 35.5. The van der Waals surface area contributed by atoms with Crippen LogP contribution in [0.4, 0.5) is 0 Å². The zero-order valence-corrected chi connectivity index (χ0v) is 19.0. The van der Waals surface area contributed by atoms with Gasteiger partial charge < -0.3 is 10.2 Å². The summed E-state index contributed by atoms with van der Waals surface area (Å²) in [5.41, 5.74) is 3.39. The molecule has 2 fully saturated rings. The van der Waals surface area contributed by atoms with Crippen molar-refractivity contribution in [1.82, 2.24) is 10.2 Å². The fraction of sp³-hybridized carbons (Fsp3) is 0.462. The van der Waals surface area contributed by atoms with Crippen LogP contribution in [0.2, 0.25) is 5.02 Å². The molecule has 164 valence electrons. The Kier molecular flexibility index (Phi) is 6.66. The van der Waals surface area contributed by atoms with Gasteiger partial charge in [-0.1, -0.05) is 53.6 Å². The van der Waals surface area contributed by atoms with E-state index in [1.165, 1.54) is 11.1 Å². The molecule has 2 aromatic rings. The Morgan fingerprint density at radius 2 is 2.03 bits per heavy atom. The van der Waals surface area contributed by atoms with E-state index in [0.29, 0.717) is 30.2 Å². The van der Waals surface area contributed by atoms with Crippen molar-refractivity contribution in [1.29, 1.82) is 0 Å². The second-order valence-electron chi connectivity index (χ2n) is 9.22. The lowest BCUT2D eigenvalue weighted by molar-refractivity contribution is -0.133. The molecule has 2 aliphatic heterocycles. The van der Waals surface area contributed by atoms with E-state index < -0.39 is 0 Å². The number of hydrogen-bond acceptors (Lipinski definition) is 2. The number of amides is 2. The van der Waals surface area contributed by atoms with Crippen LogP contribution in [0.25, 0.3) is 0 Å². The maximum Gasteiger partial charge on any atom is 0.222 e. The van der Waals surface area contributed by atoms with Gasteiger partial charge in [0.15, 0.2) is 0 Å². The Hall–Kier alpha value is -2.33. The van der Waals surface area contributed by atoms with Crippen molar-refractivity contribution in [3.8, 4) is 0 Å². The number of hydrogen-bond donors (Lipinski definition) is 1. The molecule has 31 heavy (non-hydrogen) atoms. The summed E-state index contributed by atoms with van der Waals surface area (Å²) in [7, 11) is 0. The minimum absolute atomic E-state index is 0.0823. The monoisotopic (exact) mass is 438 g/mol. The lowest BCUT2D eigenvalue weighted by Crippen LogP contribution is -2.45. The van der Waals surface area contributed by atoms with Crippen molar-refractivity contribution >= 4 is 23.4 Å². The van der Waals surface area contributed by atoms with Crippen molar-refractivity contribution in [3.05, 3.63) is 70.2 Å². The molecule has 0 aliphatic carbocycles. The first-order valence-corrected chi connectivity index (χ1v) is 11.7. The number of rotatable bonds is 6. The first-order chi connectivity index (χ1) is 14.9. The number of nitrogens with zero attached hydrogens (tertiary/aromatic N) is 1. The lowest BCUT2D eigenvalue weighted by atomic mass is 9.84. The third-order valence-electron chi connectivity index (χ3n) is 6.80. The number of nitrogens with one attached hydrogen (secondary N) is 1. The third kappa shape index (κ3) is 5.48. The zero-order chi connectivity index (χ0) is 21.8. The van der Waals surface area contributed by atoms with Crippen molar-refractivity contribution in [2.75, 3.05) is 13.1 Å². The molecular weight excluding hydrogens is 408 g/mol. The molecule has 0 bridgehead atoms. The summed E-state index contributed by atoms with van der Waals surface area (Å²) in [6.07, 6.45) is 5.34. The fourth-order valence-corrected chi connectivity index (χ4v) is 5.21. The predicted octanol–water partition coefficient (Wildman–Crippen LogP) is 5.03. The second-order valence-corrected chi connectivity index (χ2v) is 9.66. The van der Waals surface area contributed by atoms with Crippen LogP contribution in [-0.4, -0.2) is 35.3 Å². The second kappa shape index (κ2) is 9.44. The van der Waals surface area contributed by atoms with Gasteiger partial charge >= 0.3 is 0 Å². The summed E-state index contributed by atoms with van der Waals surface area (Å²) in [5.74, 6) is 0.694. The highest BCUT2D eigenvalue weighted by molar-refractivity contribution is 6.30. The zero-order valence-electron chi connectivity index (χ0n) is 18.2. The quantitative estimate of drug-likeness (QED) is 0.687. The average Bonchev–Trinajstić information content (AvgIpc) is 3.14. The highest BCUT2D eigenvalue weighted by Gasteiger charge is 2.38. The SMILES string of the molecule is Cc1cccc([C@@H]2CCCN(C(=O)CC[C@@]3(Cc4ccc(Cl)cc4)CCC(=O)N3)C2)c1. The molecule has 2 aliphatic rings. The molecule has 1 N–H and O–H groups in total. The van der Waals surface area contributed by atoms with Gasteiger partial charge in [0.1, 0.15) is 0 Å². The van der Waals surface area contributed by atoms with Crippen molar-refractivity contribution in [2.45, 2.75) is 63.3 Å². The lowest BCUT2D eigenvalue weighted by Gasteiger charge is -2.35. The van der Waals surface area contributed by atoms with Gasteiger partial charge in [-0.25, -0.2) is 0 Å². The van der Waals surface area contributed by atoms with Gasteiger partial charge in [-0.05, 0) is 62.3 Å². The Morgan fingerprint density at radius 3 is 2.74 bits per heavy atom. The molecular formula is C26H31ClN2O2. The maximum absolute atomic E-state index is 13.1. The summed E-state index contributed by atoms with van der Waals surface area (Å²) >= 11 is 6.02. The van der Waals surface area contributed by atoms with E-state index in [-0.39, 0.29) is 17.4 Å². The van der Waals surface area contributed by atoms with Gasteiger partial charge in [0, 0.05) is 42.4 Å². The molecule has 2 saturated heterocycles. The molecule has 2 atom stereocenters. The number of carbonyl (C=O) groups excluding carboxylic acids is 2. The minimum atomic E-state index is -0.341. The molecule has 0 unspecified atom stereocenters. The molecule has 2 aromatic carbocycles. The van der Waals surface area contributed by atoms with Crippen LogP contribution in [0.5, 0.6) is 0 Å². The standard InChI is InChI=1S/C26H31ClN2O2/c1-19-4-2-5-21(16-19)22-6-3-15-29(18-22)25(31)12-14-26(13-11-24(30)28-26)17-20-7-9-23(27)10-8-20/h2,4-5,7-10,16,22H,3,6,11-15,17-18H2,1H3,(H,28,30)/t22-,26-/m1/s1. The van der Waals surface area contributed by atoms with Crippen LogP contribution < -0.4 is 5.32 Å². The van der Waals surface area contributed by atoms with Crippen LogP contribution in [0.1, 0.15) is 61.1 Å². The molecule has 0 aromatic heterocycles. The van der Waals surface area contributed by atoms with Crippen molar-refractivity contribution < 1.29 is 9.59 Å². The van der Waals surface area contributed by atoms with E-state index in [2.05, 4.69) is 36.5 Å². The molecule has 2 heterocycles. The van der Waals surface area contributed by atoms with E-state index in [9.17, 15) is 9.59 Å². The van der Waals surface area contributed by atoms with Gasteiger partial charge in [0.2, 0.25) is 11.8 Å². The molecule has 4 nitrogen and oxygen atoms in total. The smallest absolute Gasteiger partial charge is 0.222 e. The third-order valence-corrected chi connectivity index (χ3v) is 7.05. The fourth-order valence-electron chi connectivity index (χ4n) is 5.08. The highest BCUT2D eigenvalue weighted by Crippen LogP contribution is 2.32. The van der Waals surface area contributed by atoms with Gasteiger partial charge in [-0.3, -0.25) is 9.59 Å². The Balaban J connectivity index is 1.39. The summed E-state index contributed by atoms with van der Waals surface area (Å²) in [6, 6.07) is 16.4. The van der Waals surface area contributed by atoms with Crippen LogP contribution >= 0.6 is 11.6 Å². The van der Waals surface area contributed by atoms with E-state index in [1.54, 1.807) is 0 Å². The van der Waals surface area contributed by atoms with Crippen LogP contribution in [0.15, 0.2) is 48.5 Å². The Labute approximate surface area is 190 Å². The molecule has 0 saturated carbocycles. The van der Waals surface area contributed by atoms with E-state index in [1.807, 2.05) is 29.2 Å². The van der Waals surface area contributed by atoms with E-state index in [4.69, 9.17) is 11.6 Å². The van der Waals surface area contributed by atoms with Crippen molar-refractivity contribution in [2.24, 2.45) is 0 Å². The van der Waals surface area contributed by atoms with Gasteiger partial charge in [-0.2, -0.15) is 0 Å². The Morgan fingerprint density at radius 1 is 1.23 bits per heavy atom. The van der Waals surface area contributed by atoms with Gasteiger partial charge in [0.05, 0.1) is 0 Å². The first-order valence-electron chi connectivity index (χ1n) is 11.3. The number of carbonyl (C=O) groups is 2. The van der Waals surface area contributed by atoms with E-state index in [0.717, 1.165) is 44.3 Å². The van der Waals surface area contributed by atoms with Crippen LogP contribution in [0, 0.1) is 6.92 Å². The molecule has 0 radical (unpaired) electrons. The van der Waals surface area contributed by atoms with Gasteiger partial charge in [0.25, 0.3) is 0 Å². The topological polar surface area (TPSA) is 49.4 Å². The van der Waals surface area contributed by atoms with Gasteiger partial charge in [-0.15, -0.1) is 0 Å². The number of aryl methyl sites for hydroxylation is 1. The average molecular weight is 439 g/mol. The largest absolute Gasteiger partial charge is 0.350 e. The summed E-state index contributed by atoms with van der Waals surface area (Å²) in [5, 5.41) is 3.89. The number of likely N-dealkylation sites (tertiary alicyclic amines) is 1. The summed E-state index contributed by atoms with van der Waals surface area (Å²) < 4.78 is 0. The van der Waals surface area contributed by atoms with Crippen LogP contribution in [0.3, 0.4) is 0 Å². The number of halogens is 1. The van der Waals surface area contributed by atoms with E-state index >= 15 is 0 Å². The summed E-state index contributed by atoms with van der Waals surface area (Å²) in [6.45, 7) is 3.74. The Bertz CT molecular complexity index is 943. The minimum Gasteiger partial charge on any atom is -0.350 e. The number of benzene rings is 2. The maximum atomic E-state index is 13.1. The summed E-state index contributed by atoms with van der Waals surface area (Å²) in [4.78, 5) is 27.2. The predicted molar refractivity (Wildman–Crippen MR) is 124 cm³/mol. The van der Waals surface area contributed by atoms with Crippen molar-refractivity contribution in [3.63, 3.8) is 0 Å². The molecule has 4 rings (SSSR count). The molecule has 5 heteroatoms. The molecule has 2 amide bonds.